The van der Waals surface area contributed by atoms with Crippen molar-refractivity contribution < 1.29 is 14.0 Å². The number of aliphatic imine (C=N–C) groups is 1. The van der Waals surface area contributed by atoms with Gasteiger partial charge >= 0.3 is 0 Å². The zero-order valence-electron chi connectivity index (χ0n) is 14.1. The van der Waals surface area contributed by atoms with Crippen LogP contribution < -0.4 is 0 Å². The minimum atomic E-state index is -0.342. The molecule has 130 valence electrons. The summed E-state index contributed by atoms with van der Waals surface area (Å²) in [6, 6.07) is 7.36. The minimum absolute atomic E-state index is 0.00615. The number of halogens is 1. The van der Waals surface area contributed by atoms with E-state index < -0.39 is 0 Å². The Morgan fingerprint density at radius 1 is 1.28 bits per heavy atom. The first-order chi connectivity index (χ1) is 12.0. The van der Waals surface area contributed by atoms with Crippen LogP contribution >= 0.6 is 15.9 Å². The summed E-state index contributed by atoms with van der Waals surface area (Å²) < 4.78 is 6.41. The second-order valence-corrected chi connectivity index (χ2v) is 6.95. The summed E-state index contributed by atoms with van der Waals surface area (Å²) in [4.78, 5) is 35.5. The topological polar surface area (TPSA) is 75.8 Å². The predicted molar refractivity (Wildman–Crippen MR) is 98.4 cm³/mol. The number of carbonyl (C=O) groups is 2. The molecule has 1 aromatic carbocycles. The maximum Gasteiger partial charge on any atom is 0.244 e. The summed E-state index contributed by atoms with van der Waals surface area (Å²) in [6.07, 6.45) is 0.805. The summed E-state index contributed by atoms with van der Waals surface area (Å²) in [5.41, 5.74) is 1.05. The molecule has 2 aromatic rings. The van der Waals surface area contributed by atoms with Gasteiger partial charge in [0, 0.05) is 11.0 Å². The molecule has 0 spiro atoms. The Hall–Kier alpha value is -2.12. The standard InChI is InChI=1S/C18H18BrN3O3/c1-22(2)9-5-8-20-13-10-14(23)15-17(16(13)24)25-18(21-15)11-6-3-4-7-12(11)19/h3-4,6-7H,5,8-10H2,1-2H3. The monoisotopic (exact) mass is 403 g/mol. The lowest BCUT2D eigenvalue weighted by Gasteiger charge is -2.10. The van der Waals surface area contributed by atoms with Gasteiger partial charge in [-0.2, -0.15) is 0 Å². The molecule has 0 saturated carbocycles. The third-order valence-electron chi connectivity index (χ3n) is 3.86. The molecule has 0 radical (unpaired) electrons. The van der Waals surface area contributed by atoms with Gasteiger partial charge in [-0.05, 0) is 55.1 Å². The molecular formula is C18H18BrN3O3. The number of hydrogen-bond donors (Lipinski definition) is 0. The van der Waals surface area contributed by atoms with Crippen molar-refractivity contribution in [3.63, 3.8) is 0 Å². The Morgan fingerprint density at radius 2 is 2.04 bits per heavy atom. The van der Waals surface area contributed by atoms with Gasteiger partial charge in [0.1, 0.15) is 0 Å². The third kappa shape index (κ3) is 3.77. The Bertz CT molecular complexity index is 855. The fourth-order valence-corrected chi connectivity index (χ4v) is 3.04. The highest BCUT2D eigenvalue weighted by atomic mass is 79.9. The van der Waals surface area contributed by atoms with Gasteiger partial charge in [-0.15, -0.1) is 0 Å². The van der Waals surface area contributed by atoms with Crippen LogP contribution in [0.15, 0.2) is 38.1 Å². The highest BCUT2D eigenvalue weighted by molar-refractivity contribution is 9.10. The van der Waals surface area contributed by atoms with Gasteiger partial charge in [0.05, 0.1) is 17.7 Å². The molecule has 0 unspecified atom stereocenters. The second-order valence-electron chi connectivity index (χ2n) is 6.09. The molecule has 7 heteroatoms. The number of hydrogen-bond acceptors (Lipinski definition) is 6. The van der Waals surface area contributed by atoms with Crippen molar-refractivity contribution in [3.8, 4) is 11.5 Å². The van der Waals surface area contributed by atoms with Crippen LogP contribution in [0.3, 0.4) is 0 Å². The second kappa shape index (κ2) is 7.41. The first-order valence-corrected chi connectivity index (χ1v) is 8.78. The van der Waals surface area contributed by atoms with Crippen molar-refractivity contribution in [2.24, 2.45) is 4.99 Å². The summed E-state index contributed by atoms with van der Waals surface area (Å²) in [5, 5.41) is 0. The third-order valence-corrected chi connectivity index (χ3v) is 4.55. The predicted octanol–water partition coefficient (Wildman–Crippen LogP) is 3.27. The van der Waals surface area contributed by atoms with Crippen molar-refractivity contribution >= 4 is 33.2 Å². The Labute approximate surface area is 154 Å². The van der Waals surface area contributed by atoms with E-state index in [1.165, 1.54) is 0 Å². The lowest BCUT2D eigenvalue weighted by molar-refractivity contribution is 0.0949. The molecule has 0 bridgehead atoms. The van der Waals surface area contributed by atoms with Gasteiger partial charge in [-0.25, -0.2) is 4.98 Å². The van der Waals surface area contributed by atoms with Crippen molar-refractivity contribution in [2.45, 2.75) is 12.8 Å². The number of rotatable bonds is 5. The molecule has 0 fully saturated rings. The maximum atomic E-state index is 12.6. The van der Waals surface area contributed by atoms with E-state index in [0.717, 1.165) is 17.4 Å². The highest BCUT2D eigenvalue weighted by Gasteiger charge is 2.35. The van der Waals surface area contributed by atoms with Crippen LogP contribution in [-0.4, -0.2) is 54.3 Å². The number of Topliss-reactive ketones (excluding diaryl/α,β-unsaturated/α-hetero) is 2. The van der Waals surface area contributed by atoms with E-state index in [1.54, 1.807) is 0 Å². The molecule has 0 aliphatic heterocycles. The van der Waals surface area contributed by atoms with E-state index >= 15 is 0 Å². The molecule has 6 nitrogen and oxygen atoms in total. The van der Waals surface area contributed by atoms with E-state index in [4.69, 9.17) is 4.42 Å². The first kappa shape index (κ1) is 17.7. The fourth-order valence-electron chi connectivity index (χ4n) is 2.59. The Morgan fingerprint density at radius 3 is 2.76 bits per heavy atom. The lowest BCUT2D eigenvalue weighted by Crippen LogP contribution is -2.27. The molecule has 1 aliphatic carbocycles. The molecule has 1 aromatic heterocycles. The summed E-state index contributed by atoms with van der Waals surface area (Å²) in [7, 11) is 3.96. The van der Waals surface area contributed by atoms with E-state index in [2.05, 4.69) is 25.9 Å². The zero-order chi connectivity index (χ0) is 18.0. The molecular weight excluding hydrogens is 386 g/mol. The van der Waals surface area contributed by atoms with Crippen molar-refractivity contribution in [3.05, 3.63) is 40.2 Å². The summed E-state index contributed by atoms with van der Waals surface area (Å²) in [6.45, 7) is 1.38. The SMILES string of the molecule is CN(C)CCCN=C1CC(=O)c2nc(-c3ccccc3Br)oc2C1=O. The zero-order valence-corrected chi connectivity index (χ0v) is 15.7. The average Bonchev–Trinajstić information content (AvgIpc) is 3.02. The molecule has 0 N–H and O–H groups in total. The van der Waals surface area contributed by atoms with Crippen LogP contribution in [0.25, 0.3) is 11.5 Å². The molecule has 0 atom stereocenters. The van der Waals surface area contributed by atoms with Crippen molar-refractivity contribution in [1.29, 1.82) is 0 Å². The van der Waals surface area contributed by atoms with Crippen LogP contribution in [0.5, 0.6) is 0 Å². The maximum absolute atomic E-state index is 12.6. The van der Waals surface area contributed by atoms with Gasteiger partial charge < -0.3 is 9.32 Å². The van der Waals surface area contributed by atoms with Crippen LogP contribution in [0.2, 0.25) is 0 Å². The Balaban J connectivity index is 1.87. The number of fused-ring (bicyclic) bond motifs is 1. The largest absolute Gasteiger partial charge is 0.432 e. The van der Waals surface area contributed by atoms with E-state index in [9.17, 15) is 9.59 Å². The van der Waals surface area contributed by atoms with Crippen molar-refractivity contribution in [1.82, 2.24) is 9.88 Å². The van der Waals surface area contributed by atoms with Gasteiger partial charge in [-0.3, -0.25) is 14.6 Å². The minimum Gasteiger partial charge on any atom is -0.432 e. The molecule has 0 saturated heterocycles. The number of oxazole rings is 1. The smallest absolute Gasteiger partial charge is 0.244 e. The van der Waals surface area contributed by atoms with Gasteiger partial charge in [-0.1, -0.05) is 12.1 Å². The normalized spacial score (nSPS) is 15.9. The first-order valence-electron chi connectivity index (χ1n) is 7.99. The lowest BCUT2D eigenvalue weighted by atomic mass is 9.97. The van der Waals surface area contributed by atoms with Gasteiger partial charge in [0.25, 0.3) is 0 Å². The quantitative estimate of drug-likeness (QED) is 0.715. The van der Waals surface area contributed by atoms with E-state index in [-0.39, 0.29) is 41.0 Å². The van der Waals surface area contributed by atoms with Crippen LogP contribution in [0.1, 0.15) is 33.9 Å². The fraction of sp³-hybridized carbons (Fsp3) is 0.333. The highest BCUT2D eigenvalue weighted by Crippen LogP contribution is 2.31. The molecule has 1 aliphatic rings. The summed E-state index contributed by atoms with van der Waals surface area (Å²) >= 11 is 3.42. The average molecular weight is 404 g/mol. The molecule has 1 heterocycles. The van der Waals surface area contributed by atoms with Crippen molar-refractivity contribution in [2.75, 3.05) is 27.2 Å². The molecule has 25 heavy (non-hydrogen) atoms. The molecule has 0 amide bonds. The van der Waals surface area contributed by atoms with Gasteiger partial charge in [0.2, 0.25) is 17.4 Å². The number of carbonyl (C=O) groups excluding carboxylic acids is 2. The van der Waals surface area contributed by atoms with E-state index in [1.807, 2.05) is 43.3 Å². The van der Waals surface area contributed by atoms with Crippen LogP contribution in [0.4, 0.5) is 0 Å². The Kier molecular flexibility index (Phi) is 5.24. The van der Waals surface area contributed by atoms with Gasteiger partial charge in [0.15, 0.2) is 11.5 Å². The van der Waals surface area contributed by atoms with E-state index in [0.29, 0.717) is 12.1 Å². The number of aromatic nitrogens is 1. The summed E-state index contributed by atoms with van der Waals surface area (Å²) in [5.74, 6) is -0.324. The number of ketones is 2. The number of nitrogens with zero attached hydrogens (tertiary/aromatic N) is 3. The van der Waals surface area contributed by atoms with Crippen LogP contribution in [0, 0.1) is 0 Å². The molecule has 3 rings (SSSR count). The van der Waals surface area contributed by atoms with Crippen LogP contribution in [-0.2, 0) is 0 Å². The number of benzene rings is 1.